The Morgan fingerprint density at radius 2 is 1.84 bits per heavy atom. The van der Waals surface area contributed by atoms with Gasteiger partial charge in [0.05, 0.1) is 11.5 Å². The van der Waals surface area contributed by atoms with Gasteiger partial charge in [0, 0.05) is 49.9 Å². The van der Waals surface area contributed by atoms with Crippen molar-refractivity contribution in [2.75, 3.05) is 39.8 Å². The van der Waals surface area contributed by atoms with Gasteiger partial charge in [-0.25, -0.2) is 12.8 Å². The van der Waals surface area contributed by atoms with Gasteiger partial charge < -0.3 is 4.90 Å². The van der Waals surface area contributed by atoms with Crippen molar-refractivity contribution in [1.82, 2.24) is 14.1 Å². The van der Waals surface area contributed by atoms with Gasteiger partial charge >= 0.3 is 0 Å². The lowest BCUT2D eigenvalue weighted by Crippen LogP contribution is -2.52. The molecule has 0 N–H and O–H groups in total. The highest BCUT2D eigenvalue weighted by molar-refractivity contribution is 7.89. The third-order valence-corrected chi connectivity index (χ3v) is 7.43. The average molecular weight is 485 g/mol. The number of benzene rings is 2. The number of sulfonamides is 1. The molecular formula is C20H22ClFN4O5S. The largest absolute Gasteiger partial charge is 0.339 e. The number of piperazine rings is 1. The maximum atomic E-state index is 13.9. The lowest BCUT2D eigenvalue weighted by Gasteiger charge is -2.34. The van der Waals surface area contributed by atoms with Gasteiger partial charge in [-0.15, -0.1) is 0 Å². The molecule has 0 unspecified atom stereocenters. The van der Waals surface area contributed by atoms with Crippen molar-refractivity contribution in [3.05, 3.63) is 69.0 Å². The summed E-state index contributed by atoms with van der Waals surface area (Å²) < 4.78 is 40.5. The van der Waals surface area contributed by atoms with E-state index in [1.165, 1.54) is 40.7 Å². The van der Waals surface area contributed by atoms with Gasteiger partial charge in [-0.1, -0.05) is 23.7 Å². The second kappa shape index (κ2) is 9.90. The number of nitro benzene ring substituents is 1. The summed E-state index contributed by atoms with van der Waals surface area (Å²) in [6, 6.07) is 9.31. The number of non-ortho nitro benzene ring substituents is 1. The van der Waals surface area contributed by atoms with Crippen LogP contribution in [0.5, 0.6) is 0 Å². The van der Waals surface area contributed by atoms with Crippen LogP contribution in [-0.4, -0.2) is 73.1 Å². The second-order valence-corrected chi connectivity index (χ2v) is 9.73. The average Bonchev–Trinajstić information content (AvgIpc) is 2.75. The molecule has 0 bridgehead atoms. The fourth-order valence-electron chi connectivity index (χ4n) is 3.44. The van der Waals surface area contributed by atoms with E-state index in [9.17, 15) is 27.7 Å². The molecule has 0 saturated carbocycles. The molecule has 12 heteroatoms. The number of nitro groups is 1. The molecule has 32 heavy (non-hydrogen) atoms. The molecule has 0 radical (unpaired) electrons. The quantitative estimate of drug-likeness (QED) is 0.441. The zero-order chi connectivity index (χ0) is 23.5. The van der Waals surface area contributed by atoms with E-state index in [0.717, 1.165) is 6.07 Å². The molecule has 172 valence electrons. The molecule has 1 amide bonds. The van der Waals surface area contributed by atoms with Crippen LogP contribution < -0.4 is 0 Å². The van der Waals surface area contributed by atoms with Crippen LogP contribution in [0.25, 0.3) is 0 Å². The minimum absolute atomic E-state index is 0.0269. The molecule has 1 fully saturated rings. The first kappa shape index (κ1) is 24.1. The SMILES string of the molecule is CN(CC(=O)N1CCN(S(=O)(=O)c2ccccc2F)CC1)Cc1cc([N+](=O)[O-])ccc1Cl. The molecule has 0 atom stereocenters. The summed E-state index contributed by atoms with van der Waals surface area (Å²) in [7, 11) is -2.29. The van der Waals surface area contributed by atoms with E-state index in [0.29, 0.717) is 10.6 Å². The minimum Gasteiger partial charge on any atom is -0.339 e. The lowest BCUT2D eigenvalue weighted by atomic mass is 10.2. The Hall–Kier alpha value is -2.60. The number of hydrogen-bond acceptors (Lipinski definition) is 6. The first-order valence-corrected chi connectivity index (χ1v) is 11.5. The van der Waals surface area contributed by atoms with Crippen LogP contribution >= 0.6 is 11.6 Å². The molecule has 1 aliphatic rings. The molecule has 0 aliphatic carbocycles. The first-order chi connectivity index (χ1) is 15.1. The lowest BCUT2D eigenvalue weighted by molar-refractivity contribution is -0.384. The van der Waals surface area contributed by atoms with Gasteiger partial charge in [0.1, 0.15) is 10.7 Å². The van der Waals surface area contributed by atoms with Gasteiger partial charge in [-0.2, -0.15) is 4.31 Å². The number of halogens is 2. The van der Waals surface area contributed by atoms with Crippen LogP contribution in [0, 0.1) is 15.9 Å². The highest BCUT2D eigenvalue weighted by atomic mass is 35.5. The summed E-state index contributed by atoms with van der Waals surface area (Å²) in [6.45, 7) is 0.731. The molecule has 2 aromatic carbocycles. The van der Waals surface area contributed by atoms with E-state index in [4.69, 9.17) is 11.6 Å². The number of carbonyl (C=O) groups excluding carboxylic acids is 1. The van der Waals surface area contributed by atoms with Crippen LogP contribution in [0.15, 0.2) is 47.4 Å². The molecule has 0 aromatic heterocycles. The van der Waals surface area contributed by atoms with Gasteiger partial charge in [0.15, 0.2) is 0 Å². The van der Waals surface area contributed by atoms with Gasteiger partial charge in [-0.05, 0) is 30.8 Å². The summed E-state index contributed by atoms with van der Waals surface area (Å²) >= 11 is 6.12. The molecule has 1 saturated heterocycles. The summed E-state index contributed by atoms with van der Waals surface area (Å²) in [5, 5.41) is 11.3. The number of carbonyl (C=O) groups is 1. The van der Waals surface area contributed by atoms with Crippen molar-refractivity contribution in [3.8, 4) is 0 Å². The monoisotopic (exact) mass is 484 g/mol. The van der Waals surface area contributed by atoms with E-state index in [2.05, 4.69) is 0 Å². The summed E-state index contributed by atoms with van der Waals surface area (Å²) in [5.41, 5.74) is 0.438. The van der Waals surface area contributed by atoms with Crippen LogP contribution in [-0.2, 0) is 21.4 Å². The Morgan fingerprint density at radius 3 is 2.47 bits per heavy atom. The second-order valence-electron chi connectivity index (χ2n) is 7.42. The highest BCUT2D eigenvalue weighted by Gasteiger charge is 2.32. The minimum atomic E-state index is -3.98. The van der Waals surface area contributed by atoms with Crippen molar-refractivity contribution >= 4 is 33.2 Å². The number of amides is 1. The van der Waals surface area contributed by atoms with E-state index >= 15 is 0 Å². The summed E-state index contributed by atoms with van der Waals surface area (Å²) in [5.74, 6) is -1.02. The molecule has 9 nitrogen and oxygen atoms in total. The van der Waals surface area contributed by atoms with Crippen molar-refractivity contribution in [2.45, 2.75) is 11.4 Å². The number of rotatable bonds is 7. The predicted molar refractivity (Wildman–Crippen MR) is 116 cm³/mol. The van der Waals surface area contributed by atoms with Crippen molar-refractivity contribution in [3.63, 3.8) is 0 Å². The molecule has 2 aromatic rings. The first-order valence-electron chi connectivity index (χ1n) is 9.73. The Kier molecular flexibility index (Phi) is 7.44. The van der Waals surface area contributed by atoms with E-state index in [1.807, 2.05) is 0 Å². The summed E-state index contributed by atoms with van der Waals surface area (Å²) in [6.07, 6.45) is 0. The number of hydrogen-bond donors (Lipinski definition) is 0. The van der Waals surface area contributed by atoms with Crippen molar-refractivity contribution in [2.24, 2.45) is 0 Å². The van der Waals surface area contributed by atoms with Crippen LogP contribution in [0.2, 0.25) is 5.02 Å². The summed E-state index contributed by atoms with van der Waals surface area (Å²) in [4.78, 5) is 25.9. The van der Waals surface area contributed by atoms with Gasteiger partial charge in [0.2, 0.25) is 15.9 Å². The fraction of sp³-hybridized carbons (Fsp3) is 0.350. The van der Waals surface area contributed by atoms with Crippen LogP contribution in [0.3, 0.4) is 0 Å². The molecular weight excluding hydrogens is 463 g/mol. The highest BCUT2D eigenvalue weighted by Crippen LogP contribution is 2.23. The molecule has 3 rings (SSSR count). The molecule has 1 aliphatic heterocycles. The van der Waals surface area contributed by atoms with E-state index in [-0.39, 0.29) is 55.8 Å². The van der Waals surface area contributed by atoms with Gasteiger partial charge in [-0.3, -0.25) is 19.8 Å². The zero-order valence-electron chi connectivity index (χ0n) is 17.3. The third kappa shape index (κ3) is 5.41. The van der Waals surface area contributed by atoms with Crippen molar-refractivity contribution in [1.29, 1.82) is 0 Å². The number of nitrogens with zero attached hydrogens (tertiary/aromatic N) is 4. The topological polar surface area (TPSA) is 104 Å². The maximum Gasteiger partial charge on any atom is 0.269 e. The van der Waals surface area contributed by atoms with Crippen molar-refractivity contribution < 1.29 is 22.5 Å². The molecule has 0 spiro atoms. The Bertz CT molecular complexity index is 1120. The Morgan fingerprint density at radius 1 is 1.19 bits per heavy atom. The smallest absolute Gasteiger partial charge is 0.269 e. The molecule has 1 heterocycles. The standard InChI is InChI=1S/C20H22ClFN4O5S/c1-23(13-15-12-16(26(28)29)6-7-17(15)21)14-20(27)24-8-10-25(11-9-24)32(30,31)19-5-3-2-4-18(19)22/h2-7,12H,8-11,13-14H2,1H3. The Labute approximate surface area is 190 Å². The normalized spacial score (nSPS) is 15.2. The van der Waals surface area contributed by atoms with E-state index < -0.39 is 20.8 Å². The fourth-order valence-corrected chi connectivity index (χ4v) is 5.11. The van der Waals surface area contributed by atoms with Crippen LogP contribution in [0.1, 0.15) is 5.56 Å². The maximum absolute atomic E-state index is 13.9. The van der Waals surface area contributed by atoms with Gasteiger partial charge in [0.25, 0.3) is 5.69 Å². The van der Waals surface area contributed by atoms with Crippen LogP contribution in [0.4, 0.5) is 10.1 Å². The van der Waals surface area contributed by atoms with E-state index in [1.54, 1.807) is 16.8 Å². The Balaban J connectivity index is 1.57. The zero-order valence-corrected chi connectivity index (χ0v) is 18.9. The number of likely N-dealkylation sites (N-methyl/N-ethyl adjacent to an activating group) is 1. The third-order valence-electron chi connectivity index (χ3n) is 5.13. The predicted octanol–water partition coefficient (Wildman–Crippen LogP) is 2.35.